The van der Waals surface area contributed by atoms with E-state index in [2.05, 4.69) is 0 Å². The zero-order valence-corrected chi connectivity index (χ0v) is 12.9. The summed E-state index contributed by atoms with van der Waals surface area (Å²) >= 11 is 0. The molecule has 0 saturated carbocycles. The Bertz CT molecular complexity index is 249. The quantitative estimate of drug-likeness (QED) is 0.702. The first-order valence-electron chi connectivity index (χ1n) is 6.16. The fourth-order valence-corrected chi connectivity index (χ4v) is 0.893. The van der Waals surface area contributed by atoms with Crippen LogP contribution in [0.4, 0.5) is 0 Å². The molecule has 0 rings (SSSR count). The molecule has 0 spiro atoms. The highest BCUT2D eigenvalue weighted by Gasteiger charge is 2.42. The fourth-order valence-electron chi connectivity index (χ4n) is 0.893. The fraction of sp³-hybridized carbons (Fsp3) is 1.00. The van der Waals surface area contributed by atoms with Gasteiger partial charge in [0, 0.05) is 0 Å². The van der Waals surface area contributed by atoms with Gasteiger partial charge in [-0.05, 0) is 55.4 Å². The second-order valence-corrected chi connectivity index (χ2v) is 6.74. The van der Waals surface area contributed by atoms with Gasteiger partial charge in [-0.1, -0.05) is 0 Å². The SMILES string of the molecule is [B]B(OC(C)(C)C(C)(C)O)OC(C)(C)C(C)(C)O. The molecule has 0 aliphatic rings. The Labute approximate surface area is 113 Å². The molecular weight excluding hydrogens is 230 g/mol. The maximum absolute atomic E-state index is 9.97. The van der Waals surface area contributed by atoms with Crippen molar-refractivity contribution in [2.75, 3.05) is 0 Å². The molecule has 0 aromatic rings. The van der Waals surface area contributed by atoms with Crippen LogP contribution < -0.4 is 0 Å². The van der Waals surface area contributed by atoms with Crippen molar-refractivity contribution >= 4 is 14.7 Å². The van der Waals surface area contributed by atoms with Crippen molar-refractivity contribution in [1.29, 1.82) is 0 Å². The summed E-state index contributed by atoms with van der Waals surface area (Å²) < 4.78 is 11.1. The van der Waals surface area contributed by atoms with Gasteiger partial charge in [0.1, 0.15) is 7.74 Å². The van der Waals surface area contributed by atoms with E-state index in [-0.39, 0.29) is 0 Å². The van der Waals surface area contributed by atoms with Crippen molar-refractivity contribution in [2.24, 2.45) is 0 Å². The Morgan fingerprint density at radius 3 is 1.11 bits per heavy atom. The number of rotatable bonds is 6. The first-order chi connectivity index (χ1) is 7.60. The van der Waals surface area contributed by atoms with Crippen LogP contribution in [0.2, 0.25) is 0 Å². The van der Waals surface area contributed by atoms with Crippen molar-refractivity contribution in [1.82, 2.24) is 0 Å². The standard InChI is InChI=1S/C12H26B2O4/c1-9(2,15)11(5,6)17-14(13)18-12(7,8)10(3,4)16/h15-16H,1-8H3. The van der Waals surface area contributed by atoms with Gasteiger partial charge in [0.05, 0.1) is 22.4 Å². The average molecular weight is 256 g/mol. The molecule has 6 heteroatoms. The molecule has 0 fully saturated rings. The highest BCUT2D eigenvalue weighted by Crippen LogP contribution is 2.29. The van der Waals surface area contributed by atoms with Crippen LogP contribution in [0.1, 0.15) is 55.4 Å². The summed E-state index contributed by atoms with van der Waals surface area (Å²) in [7, 11) is 4.74. The molecule has 0 bridgehead atoms. The molecule has 0 aromatic heterocycles. The minimum absolute atomic E-state index is 0.873. The molecule has 2 N–H and O–H groups in total. The van der Waals surface area contributed by atoms with Crippen LogP contribution in [0.25, 0.3) is 0 Å². The van der Waals surface area contributed by atoms with Crippen LogP contribution in [0, 0.1) is 0 Å². The van der Waals surface area contributed by atoms with Crippen molar-refractivity contribution in [3.05, 3.63) is 0 Å². The summed E-state index contributed by atoms with van der Waals surface area (Å²) in [6, 6.07) is 0. The summed E-state index contributed by atoms with van der Waals surface area (Å²) in [6.07, 6.45) is 0. The van der Waals surface area contributed by atoms with E-state index in [1.807, 2.05) is 0 Å². The van der Waals surface area contributed by atoms with Gasteiger partial charge in [-0.2, -0.15) is 0 Å². The van der Waals surface area contributed by atoms with Gasteiger partial charge in [-0.15, -0.1) is 0 Å². The van der Waals surface area contributed by atoms with E-state index in [9.17, 15) is 10.2 Å². The summed E-state index contributed by atoms with van der Waals surface area (Å²) in [5.74, 6) is 0. The predicted octanol–water partition coefficient (Wildman–Crippen LogP) is 1.27. The van der Waals surface area contributed by atoms with E-state index in [0.717, 1.165) is 0 Å². The summed E-state index contributed by atoms with van der Waals surface area (Å²) in [6.45, 7) is 13.5. The summed E-state index contributed by atoms with van der Waals surface area (Å²) in [4.78, 5) is 0. The van der Waals surface area contributed by atoms with Gasteiger partial charge >= 0.3 is 7.01 Å². The molecule has 0 atom stereocenters. The highest BCUT2D eigenvalue weighted by atomic mass is 16.6. The molecule has 0 aliphatic heterocycles. The van der Waals surface area contributed by atoms with E-state index >= 15 is 0 Å². The van der Waals surface area contributed by atoms with E-state index in [1.54, 1.807) is 55.4 Å². The number of hydrogen-bond acceptors (Lipinski definition) is 4. The minimum atomic E-state index is -1.06. The van der Waals surface area contributed by atoms with Crippen molar-refractivity contribution < 1.29 is 19.5 Å². The normalized spacial score (nSPS) is 14.8. The van der Waals surface area contributed by atoms with Gasteiger partial charge in [0.25, 0.3) is 0 Å². The molecule has 104 valence electrons. The van der Waals surface area contributed by atoms with Crippen LogP contribution in [0.15, 0.2) is 0 Å². The third-order valence-corrected chi connectivity index (χ3v) is 3.77. The largest absolute Gasteiger partial charge is 0.411 e. The van der Waals surface area contributed by atoms with Crippen LogP contribution in [0.5, 0.6) is 0 Å². The van der Waals surface area contributed by atoms with Crippen molar-refractivity contribution in [3.63, 3.8) is 0 Å². The third kappa shape index (κ3) is 4.57. The Hall–Kier alpha value is -0.0301. The zero-order chi connectivity index (χ0) is 15.0. The lowest BCUT2D eigenvalue weighted by molar-refractivity contribution is -0.130. The molecule has 0 unspecified atom stereocenters. The Balaban J connectivity index is 4.69. The predicted molar refractivity (Wildman–Crippen MR) is 74.4 cm³/mol. The molecule has 0 aromatic carbocycles. The molecule has 18 heavy (non-hydrogen) atoms. The van der Waals surface area contributed by atoms with Crippen LogP contribution in [-0.2, 0) is 9.31 Å². The lowest BCUT2D eigenvalue weighted by atomic mass is 9.60. The second-order valence-electron chi connectivity index (χ2n) is 6.74. The summed E-state index contributed by atoms with van der Waals surface area (Å²) in [5.41, 5.74) is -3.87. The average Bonchev–Trinajstić information content (AvgIpc) is 1.95. The first kappa shape index (κ1) is 18.0. The first-order valence-corrected chi connectivity index (χ1v) is 6.16. The monoisotopic (exact) mass is 256 g/mol. The maximum atomic E-state index is 9.97. The van der Waals surface area contributed by atoms with Gasteiger partial charge in [0.2, 0.25) is 0 Å². The molecule has 2 radical (unpaired) electrons. The van der Waals surface area contributed by atoms with Crippen molar-refractivity contribution in [2.45, 2.75) is 77.8 Å². The van der Waals surface area contributed by atoms with Gasteiger partial charge in [0.15, 0.2) is 0 Å². The van der Waals surface area contributed by atoms with Gasteiger partial charge in [-0.25, -0.2) is 0 Å². The molecule has 0 saturated heterocycles. The highest BCUT2D eigenvalue weighted by molar-refractivity contribution is 6.95. The van der Waals surface area contributed by atoms with Crippen LogP contribution in [-0.4, -0.2) is 47.4 Å². The van der Waals surface area contributed by atoms with Gasteiger partial charge in [-0.3, -0.25) is 0 Å². The van der Waals surface area contributed by atoms with E-state index < -0.39 is 29.4 Å². The lowest BCUT2D eigenvalue weighted by Crippen LogP contribution is -2.56. The molecular formula is C12H26B2O4. The molecule has 0 heterocycles. The van der Waals surface area contributed by atoms with Crippen molar-refractivity contribution in [3.8, 4) is 0 Å². The van der Waals surface area contributed by atoms with Crippen LogP contribution >= 0.6 is 0 Å². The maximum Gasteiger partial charge on any atom is 0.388 e. The second kappa shape index (κ2) is 5.16. The smallest absolute Gasteiger partial charge is 0.388 e. The number of hydrogen-bond donors (Lipinski definition) is 2. The zero-order valence-electron chi connectivity index (χ0n) is 12.9. The molecule has 0 aliphatic carbocycles. The number of aliphatic hydroxyl groups is 2. The minimum Gasteiger partial charge on any atom is -0.411 e. The third-order valence-electron chi connectivity index (χ3n) is 3.77. The van der Waals surface area contributed by atoms with E-state index in [0.29, 0.717) is 0 Å². The van der Waals surface area contributed by atoms with Crippen LogP contribution in [0.3, 0.4) is 0 Å². The lowest BCUT2D eigenvalue weighted by Gasteiger charge is -2.43. The van der Waals surface area contributed by atoms with Gasteiger partial charge < -0.3 is 19.5 Å². The summed E-state index contributed by atoms with van der Waals surface area (Å²) in [5, 5.41) is 19.9. The Morgan fingerprint density at radius 1 is 0.722 bits per heavy atom. The topological polar surface area (TPSA) is 58.9 Å². The van der Waals surface area contributed by atoms with E-state index in [1.165, 1.54) is 0 Å². The molecule has 0 amide bonds. The van der Waals surface area contributed by atoms with E-state index in [4.69, 9.17) is 17.0 Å². The molecule has 4 nitrogen and oxygen atoms in total. The Morgan fingerprint density at radius 2 is 0.944 bits per heavy atom. The Kier molecular flexibility index (Phi) is 5.15.